The number of rotatable bonds is 5. The molecule has 0 saturated carbocycles. The van der Waals surface area contributed by atoms with Gasteiger partial charge in [0.05, 0.1) is 18.1 Å². The van der Waals surface area contributed by atoms with E-state index in [1.807, 2.05) is 24.3 Å². The lowest BCUT2D eigenvalue weighted by molar-refractivity contribution is -0.118. The van der Waals surface area contributed by atoms with Crippen molar-refractivity contribution in [3.63, 3.8) is 0 Å². The van der Waals surface area contributed by atoms with Gasteiger partial charge in [0.25, 0.3) is 5.91 Å². The van der Waals surface area contributed by atoms with Gasteiger partial charge in [-0.1, -0.05) is 12.1 Å². The van der Waals surface area contributed by atoms with Crippen LogP contribution in [0, 0.1) is 5.82 Å². The molecule has 0 aliphatic carbocycles. The SMILES string of the molecule is O=C1COc2ccc(Nc3nc(Nc4cccc(-c5cnco5)c4)ncc3F)cc2N1. The molecule has 3 heterocycles. The number of amides is 1. The zero-order valence-electron chi connectivity index (χ0n) is 15.9. The molecule has 5 rings (SSSR count). The average Bonchev–Trinajstić information content (AvgIpc) is 3.31. The van der Waals surface area contributed by atoms with Crippen LogP contribution in [-0.4, -0.2) is 27.5 Å². The van der Waals surface area contributed by atoms with E-state index in [9.17, 15) is 9.18 Å². The number of nitrogens with one attached hydrogen (secondary N) is 3. The molecule has 31 heavy (non-hydrogen) atoms. The minimum Gasteiger partial charge on any atom is -0.482 e. The molecule has 9 nitrogen and oxygen atoms in total. The third-order valence-electron chi connectivity index (χ3n) is 4.45. The summed E-state index contributed by atoms with van der Waals surface area (Å²) in [6.07, 6.45) is 4.04. The van der Waals surface area contributed by atoms with E-state index in [1.54, 1.807) is 24.4 Å². The lowest BCUT2D eigenvalue weighted by atomic mass is 10.1. The predicted octanol–water partition coefficient (Wildman–Crippen LogP) is 4.09. The molecule has 0 bridgehead atoms. The fraction of sp³-hybridized carbons (Fsp3) is 0.0476. The number of ether oxygens (including phenoxy) is 1. The number of oxazole rings is 1. The predicted molar refractivity (Wildman–Crippen MR) is 111 cm³/mol. The molecule has 2 aromatic carbocycles. The third-order valence-corrected chi connectivity index (χ3v) is 4.45. The van der Waals surface area contributed by atoms with Crippen LogP contribution in [-0.2, 0) is 4.79 Å². The Morgan fingerprint density at radius 3 is 2.84 bits per heavy atom. The number of anilines is 5. The Labute approximate surface area is 175 Å². The number of halogens is 1. The summed E-state index contributed by atoms with van der Waals surface area (Å²) in [5.74, 6) is 0.466. The molecule has 154 valence electrons. The fourth-order valence-corrected chi connectivity index (χ4v) is 3.05. The highest BCUT2D eigenvalue weighted by Crippen LogP contribution is 2.32. The van der Waals surface area contributed by atoms with Gasteiger partial charge in [0.1, 0.15) is 5.75 Å². The first kappa shape index (κ1) is 18.6. The lowest BCUT2D eigenvalue weighted by Gasteiger charge is -2.19. The Morgan fingerprint density at radius 2 is 1.97 bits per heavy atom. The molecule has 4 aromatic rings. The van der Waals surface area contributed by atoms with E-state index in [-0.39, 0.29) is 24.3 Å². The zero-order chi connectivity index (χ0) is 21.2. The van der Waals surface area contributed by atoms with Crippen LogP contribution in [0.25, 0.3) is 11.3 Å². The van der Waals surface area contributed by atoms with Crippen LogP contribution in [0.3, 0.4) is 0 Å². The van der Waals surface area contributed by atoms with Gasteiger partial charge in [-0.3, -0.25) is 4.79 Å². The van der Waals surface area contributed by atoms with Gasteiger partial charge in [-0.05, 0) is 30.3 Å². The first-order valence-electron chi connectivity index (χ1n) is 9.26. The first-order valence-corrected chi connectivity index (χ1v) is 9.26. The van der Waals surface area contributed by atoms with Crippen molar-refractivity contribution in [2.45, 2.75) is 0 Å². The molecule has 1 amide bonds. The maximum absolute atomic E-state index is 14.3. The summed E-state index contributed by atoms with van der Waals surface area (Å²) in [5, 5.41) is 8.65. The van der Waals surface area contributed by atoms with Gasteiger partial charge in [0.15, 0.2) is 30.4 Å². The van der Waals surface area contributed by atoms with Crippen LogP contribution in [0.1, 0.15) is 0 Å². The van der Waals surface area contributed by atoms with Crippen LogP contribution >= 0.6 is 0 Å². The number of hydrogen-bond donors (Lipinski definition) is 3. The highest BCUT2D eigenvalue weighted by Gasteiger charge is 2.17. The first-order chi connectivity index (χ1) is 15.1. The Morgan fingerprint density at radius 1 is 1.06 bits per heavy atom. The van der Waals surface area contributed by atoms with E-state index in [4.69, 9.17) is 9.15 Å². The molecule has 0 saturated heterocycles. The molecular formula is C21H15FN6O3. The minimum atomic E-state index is -0.626. The molecule has 0 fully saturated rings. The largest absolute Gasteiger partial charge is 0.482 e. The van der Waals surface area contributed by atoms with Gasteiger partial charge in [-0.25, -0.2) is 14.4 Å². The highest BCUT2D eigenvalue weighted by molar-refractivity contribution is 5.96. The second kappa shape index (κ2) is 7.75. The van der Waals surface area contributed by atoms with Gasteiger partial charge in [0.2, 0.25) is 5.95 Å². The van der Waals surface area contributed by atoms with Crippen LogP contribution in [0.4, 0.5) is 33.2 Å². The zero-order valence-corrected chi connectivity index (χ0v) is 15.9. The van der Waals surface area contributed by atoms with Crippen molar-refractivity contribution in [1.29, 1.82) is 0 Å². The molecule has 3 N–H and O–H groups in total. The van der Waals surface area contributed by atoms with Crippen molar-refractivity contribution >= 4 is 34.7 Å². The molecule has 1 aliphatic rings. The average molecular weight is 418 g/mol. The number of aromatic nitrogens is 3. The lowest BCUT2D eigenvalue weighted by Crippen LogP contribution is -2.25. The number of carbonyl (C=O) groups excluding carboxylic acids is 1. The maximum atomic E-state index is 14.3. The summed E-state index contributed by atoms with van der Waals surface area (Å²) in [7, 11) is 0. The maximum Gasteiger partial charge on any atom is 0.262 e. The van der Waals surface area contributed by atoms with E-state index in [0.717, 1.165) is 11.8 Å². The smallest absolute Gasteiger partial charge is 0.262 e. The molecule has 10 heteroatoms. The monoisotopic (exact) mass is 418 g/mol. The molecule has 0 radical (unpaired) electrons. The van der Waals surface area contributed by atoms with Crippen molar-refractivity contribution in [3.8, 4) is 17.1 Å². The highest BCUT2D eigenvalue weighted by atomic mass is 19.1. The summed E-state index contributed by atoms with van der Waals surface area (Å²) in [6.45, 7) is -0.0347. The van der Waals surface area contributed by atoms with E-state index in [1.165, 1.54) is 6.39 Å². The Hall–Kier alpha value is -4.47. The van der Waals surface area contributed by atoms with Gasteiger partial charge in [-0.2, -0.15) is 4.98 Å². The summed E-state index contributed by atoms with van der Waals surface area (Å²) in [4.78, 5) is 23.6. The van der Waals surface area contributed by atoms with Crippen LogP contribution in [0.2, 0.25) is 0 Å². The molecule has 0 atom stereocenters. The number of fused-ring (bicyclic) bond motifs is 1. The number of benzene rings is 2. The molecular weight excluding hydrogens is 403 g/mol. The summed E-state index contributed by atoms with van der Waals surface area (Å²) in [6, 6.07) is 12.4. The summed E-state index contributed by atoms with van der Waals surface area (Å²) >= 11 is 0. The molecule has 0 unspecified atom stereocenters. The second-order valence-electron chi connectivity index (χ2n) is 6.63. The van der Waals surface area contributed by atoms with Crippen molar-refractivity contribution in [2.24, 2.45) is 0 Å². The molecule has 1 aliphatic heterocycles. The molecule has 0 spiro atoms. The third kappa shape index (κ3) is 3.99. The topological polar surface area (TPSA) is 114 Å². The Kier molecular flexibility index (Phi) is 4.64. The van der Waals surface area contributed by atoms with Crippen molar-refractivity contribution in [1.82, 2.24) is 15.0 Å². The number of nitrogens with zero attached hydrogens (tertiary/aromatic N) is 3. The van der Waals surface area contributed by atoms with E-state index in [0.29, 0.717) is 28.6 Å². The van der Waals surface area contributed by atoms with Gasteiger partial charge >= 0.3 is 0 Å². The minimum absolute atomic E-state index is 0.0214. The van der Waals surface area contributed by atoms with Crippen LogP contribution < -0.4 is 20.7 Å². The van der Waals surface area contributed by atoms with E-state index >= 15 is 0 Å². The standard InChI is InChI=1S/C21H15FN6O3/c22-15-8-24-21(26-13-3-1-2-12(6-13)18-9-23-11-31-18)28-20(15)25-14-4-5-17-16(7-14)27-19(29)10-30-17/h1-9,11H,10H2,(H,27,29)(H2,24,25,26,28). The summed E-state index contributed by atoms with van der Waals surface area (Å²) in [5.41, 5.74) is 2.54. The van der Waals surface area contributed by atoms with Gasteiger partial charge in [0, 0.05) is 16.9 Å². The molecule has 2 aromatic heterocycles. The Bertz CT molecular complexity index is 1260. The van der Waals surface area contributed by atoms with Gasteiger partial charge < -0.3 is 25.1 Å². The van der Waals surface area contributed by atoms with Crippen molar-refractivity contribution in [2.75, 3.05) is 22.6 Å². The normalized spacial score (nSPS) is 12.5. The second-order valence-corrected chi connectivity index (χ2v) is 6.63. The number of carbonyl (C=O) groups is 1. The van der Waals surface area contributed by atoms with E-state index in [2.05, 4.69) is 30.9 Å². The van der Waals surface area contributed by atoms with Gasteiger partial charge in [-0.15, -0.1) is 0 Å². The van der Waals surface area contributed by atoms with Crippen LogP contribution in [0.15, 0.2) is 65.7 Å². The van der Waals surface area contributed by atoms with E-state index < -0.39 is 5.82 Å². The van der Waals surface area contributed by atoms with Crippen molar-refractivity contribution in [3.05, 3.63) is 67.1 Å². The number of hydrogen-bond acceptors (Lipinski definition) is 8. The quantitative estimate of drug-likeness (QED) is 0.444. The summed E-state index contributed by atoms with van der Waals surface area (Å²) < 4.78 is 24.9. The fourth-order valence-electron chi connectivity index (χ4n) is 3.05. The van der Waals surface area contributed by atoms with Crippen LogP contribution in [0.5, 0.6) is 5.75 Å². The Balaban J connectivity index is 1.37. The van der Waals surface area contributed by atoms with Crippen molar-refractivity contribution < 1.29 is 18.3 Å².